The Morgan fingerprint density at radius 2 is 1.72 bits per heavy atom. The predicted octanol–water partition coefficient (Wildman–Crippen LogP) is 4.13. The summed E-state index contributed by atoms with van der Waals surface area (Å²) >= 11 is 0. The van der Waals surface area contributed by atoms with E-state index in [2.05, 4.69) is 22.9 Å². The number of carbonyl (C=O) groups is 2. The van der Waals surface area contributed by atoms with Crippen molar-refractivity contribution < 1.29 is 14.3 Å². The number of anilines is 2. The summed E-state index contributed by atoms with van der Waals surface area (Å²) in [6.45, 7) is 13.2. The zero-order valence-electron chi connectivity index (χ0n) is 19.3. The lowest BCUT2D eigenvalue weighted by atomic mass is 10.0. The molecule has 172 valence electrons. The Bertz CT molecular complexity index is 1030. The molecule has 0 spiro atoms. The lowest BCUT2D eigenvalue weighted by Gasteiger charge is -2.36. The fourth-order valence-corrected chi connectivity index (χ4v) is 4.43. The van der Waals surface area contributed by atoms with Crippen molar-refractivity contribution in [3.05, 3.63) is 52.7 Å². The van der Waals surface area contributed by atoms with Crippen molar-refractivity contribution in [1.82, 2.24) is 9.88 Å². The lowest BCUT2D eigenvalue weighted by molar-refractivity contribution is 0.0746. The highest BCUT2D eigenvalue weighted by atomic mass is 35.5. The van der Waals surface area contributed by atoms with Crippen LogP contribution in [0.2, 0.25) is 0 Å². The van der Waals surface area contributed by atoms with Crippen molar-refractivity contribution in [2.75, 3.05) is 42.6 Å². The third kappa shape index (κ3) is 4.39. The van der Waals surface area contributed by atoms with Gasteiger partial charge in [0.25, 0.3) is 5.91 Å². The quantitative estimate of drug-likeness (QED) is 0.692. The van der Waals surface area contributed by atoms with Crippen molar-refractivity contribution in [3.8, 4) is 0 Å². The van der Waals surface area contributed by atoms with Crippen LogP contribution in [-0.2, 0) is 4.74 Å². The summed E-state index contributed by atoms with van der Waals surface area (Å²) in [7, 11) is 0. The van der Waals surface area contributed by atoms with Crippen molar-refractivity contribution in [1.29, 1.82) is 0 Å². The number of rotatable bonds is 3. The van der Waals surface area contributed by atoms with E-state index < -0.39 is 5.54 Å². The van der Waals surface area contributed by atoms with Crippen LogP contribution in [0.5, 0.6) is 0 Å². The Hall–Kier alpha value is -2.80. The molecule has 0 saturated carbocycles. The number of pyridine rings is 1. The molecule has 2 aliphatic heterocycles. The molecule has 0 atom stereocenters. The van der Waals surface area contributed by atoms with Gasteiger partial charge in [0.2, 0.25) is 0 Å². The van der Waals surface area contributed by atoms with E-state index in [0.717, 1.165) is 41.3 Å². The molecule has 3 heterocycles. The molecule has 2 aromatic rings. The van der Waals surface area contributed by atoms with E-state index in [4.69, 9.17) is 4.74 Å². The van der Waals surface area contributed by atoms with Crippen LogP contribution in [0.1, 0.15) is 40.9 Å². The molecule has 2 fully saturated rings. The fourth-order valence-electron chi connectivity index (χ4n) is 4.43. The van der Waals surface area contributed by atoms with Gasteiger partial charge in [-0.1, -0.05) is 6.07 Å². The zero-order chi connectivity index (χ0) is 22.3. The van der Waals surface area contributed by atoms with E-state index in [0.29, 0.717) is 25.3 Å². The molecule has 32 heavy (non-hydrogen) atoms. The maximum Gasteiger partial charge on any atom is 0.414 e. The van der Waals surface area contributed by atoms with Crippen LogP contribution < -0.4 is 9.80 Å². The first-order valence-corrected chi connectivity index (χ1v) is 10.7. The molecule has 8 heteroatoms. The molecule has 1 aromatic heterocycles. The van der Waals surface area contributed by atoms with Gasteiger partial charge in [-0.25, -0.2) is 9.78 Å². The largest absolute Gasteiger partial charge is 0.447 e. The smallest absolute Gasteiger partial charge is 0.414 e. The summed E-state index contributed by atoms with van der Waals surface area (Å²) in [5.74, 6) is 1.03. The second-order valence-electron chi connectivity index (χ2n) is 9.13. The van der Waals surface area contributed by atoms with Crippen molar-refractivity contribution in [3.63, 3.8) is 0 Å². The molecule has 7 nitrogen and oxygen atoms in total. The summed E-state index contributed by atoms with van der Waals surface area (Å²) in [6.07, 6.45) is 1.54. The second-order valence-corrected chi connectivity index (χ2v) is 9.13. The van der Waals surface area contributed by atoms with E-state index in [-0.39, 0.29) is 24.4 Å². The minimum absolute atomic E-state index is 0. The molecule has 4 rings (SSSR count). The number of nitrogens with zero attached hydrogens (tertiary/aromatic N) is 4. The highest BCUT2D eigenvalue weighted by Crippen LogP contribution is 2.32. The topological polar surface area (TPSA) is 66.0 Å². The van der Waals surface area contributed by atoms with Crippen molar-refractivity contribution in [2.24, 2.45) is 0 Å². The molecule has 2 amide bonds. The Morgan fingerprint density at radius 1 is 1.03 bits per heavy atom. The number of cyclic esters (lactones) is 1. The first-order chi connectivity index (χ1) is 14.7. The molecular formula is C24H31ClN4O3. The number of carbonyl (C=O) groups excluding carboxylic acids is 2. The molecule has 0 bridgehead atoms. The van der Waals surface area contributed by atoms with E-state index in [1.807, 2.05) is 57.0 Å². The first kappa shape index (κ1) is 23.9. The summed E-state index contributed by atoms with van der Waals surface area (Å²) in [6, 6.07) is 7.71. The molecule has 2 aliphatic rings. The summed E-state index contributed by atoms with van der Waals surface area (Å²) in [4.78, 5) is 35.8. The van der Waals surface area contributed by atoms with Gasteiger partial charge in [-0.05, 0) is 69.5 Å². The fraction of sp³-hybridized carbons (Fsp3) is 0.458. The Labute approximate surface area is 195 Å². The van der Waals surface area contributed by atoms with E-state index >= 15 is 0 Å². The number of amides is 2. The molecule has 0 unspecified atom stereocenters. The van der Waals surface area contributed by atoms with Gasteiger partial charge in [-0.15, -0.1) is 12.4 Å². The van der Waals surface area contributed by atoms with Gasteiger partial charge in [0.05, 0.1) is 5.54 Å². The molecule has 0 radical (unpaired) electrons. The Balaban J connectivity index is 0.00000289. The minimum atomic E-state index is -0.409. The zero-order valence-corrected chi connectivity index (χ0v) is 20.2. The van der Waals surface area contributed by atoms with E-state index in [1.165, 1.54) is 0 Å². The van der Waals surface area contributed by atoms with Gasteiger partial charge >= 0.3 is 6.09 Å². The van der Waals surface area contributed by atoms with Crippen LogP contribution in [-0.4, -0.2) is 60.2 Å². The van der Waals surface area contributed by atoms with Crippen molar-refractivity contribution >= 4 is 35.9 Å². The van der Waals surface area contributed by atoms with Gasteiger partial charge < -0.3 is 14.5 Å². The molecule has 0 aliphatic carbocycles. The van der Waals surface area contributed by atoms with Gasteiger partial charge in [0.1, 0.15) is 12.4 Å². The average Bonchev–Trinajstić information content (AvgIpc) is 3.00. The standard InChI is InChI=1S/C24H30N4O3.ClH/c1-16-12-18(3)21(25-14-16)26-8-10-27(11-9-26)22(29)20-7-6-19(13-17(20)2)28-23(30)31-15-24(28,4)5;/h6-7,12-14H,8-11,15H2,1-5H3;1H. The van der Waals surface area contributed by atoms with Crippen LogP contribution in [0.3, 0.4) is 0 Å². The number of aryl methyl sites for hydroxylation is 3. The molecule has 1 aromatic carbocycles. The van der Waals surface area contributed by atoms with Crippen LogP contribution in [0.25, 0.3) is 0 Å². The predicted molar refractivity (Wildman–Crippen MR) is 128 cm³/mol. The monoisotopic (exact) mass is 458 g/mol. The maximum absolute atomic E-state index is 13.2. The average molecular weight is 459 g/mol. The number of piperazine rings is 1. The second kappa shape index (κ2) is 8.98. The molecule has 2 saturated heterocycles. The normalized spacial score (nSPS) is 17.8. The minimum Gasteiger partial charge on any atom is -0.447 e. The van der Waals surface area contributed by atoms with Crippen LogP contribution >= 0.6 is 12.4 Å². The van der Waals surface area contributed by atoms with Crippen LogP contribution in [0.4, 0.5) is 16.3 Å². The Kier molecular flexibility index (Phi) is 6.69. The number of halogens is 1. The number of hydrogen-bond donors (Lipinski definition) is 0. The first-order valence-electron chi connectivity index (χ1n) is 10.7. The van der Waals surface area contributed by atoms with Gasteiger partial charge in [-0.3, -0.25) is 9.69 Å². The number of hydrogen-bond acceptors (Lipinski definition) is 5. The maximum atomic E-state index is 13.2. The number of benzene rings is 1. The van der Waals surface area contributed by atoms with Crippen molar-refractivity contribution in [2.45, 2.75) is 40.2 Å². The molecular weight excluding hydrogens is 428 g/mol. The van der Waals surface area contributed by atoms with Crippen LogP contribution in [0.15, 0.2) is 30.5 Å². The van der Waals surface area contributed by atoms with E-state index in [1.54, 1.807) is 4.90 Å². The summed E-state index contributed by atoms with van der Waals surface area (Å²) in [5, 5.41) is 0. The summed E-state index contributed by atoms with van der Waals surface area (Å²) in [5.41, 5.74) is 4.19. The third-order valence-corrected chi connectivity index (χ3v) is 6.09. The molecule has 0 N–H and O–H groups in total. The van der Waals surface area contributed by atoms with Gasteiger partial charge in [0.15, 0.2) is 0 Å². The SMILES string of the molecule is Cc1cnc(N2CCN(C(=O)c3ccc(N4C(=O)OCC4(C)C)cc3C)CC2)c(C)c1.Cl. The number of ether oxygens (including phenoxy) is 1. The lowest BCUT2D eigenvalue weighted by Crippen LogP contribution is -2.49. The van der Waals surface area contributed by atoms with E-state index in [9.17, 15) is 9.59 Å². The van der Waals surface area contributed by atoms with Crippen LogP contribution in [0, 0.1) is 20.8 Å². The third-order valence-electron chi connectivity index (χ3n) is 6.09. The number of aromatic nitrogens is 1. The van der Waals surface area contributed by atoms with Gasteiger partial charge in [-0.2, -0.15) is 0 Å². The highest BCUT2D eigenvalue weighted by Gasteiger charge is 2.41. The van der Waals surface area contributed by atoms with Gasteiger partial charge in [0, 0.05) is 43.6 Å². The Morgan fingerprint density at radius 3 is 2.28 bits per heavy atom. The summed E-state index contributed by atoms with van der Waals surface area (Å²) < 4.78 is 5.21. The highest BCUT2D eigenvalue weighted by molar-refractivity contribution is 5.97.